The number of hydrogen-bond donors (Lipinski definition) is 1. The standard InChI is InChI=1S/C16H14F3NO/c17-16(18,19)12-7-8-14(20)13(10-12)15(21)9-6-11-4-2-1-3-5-11/h1-5,7-8,10H,6,9,20H2. The molecule has 0 aromatic heterocycles. The van der Waals surface area contributed by atoms with Gasteiger partial charge in [-0.25, -0.2) is 0 Å². The van der Waals surface area contributed by atoms with Gasteiger partial charge in [0.1, 0.15) is 0 Å². The molecule has 0 saturated carbocycles. The van der Waals surface area contributed by atoms with Crippen LogP contribution in [0, 0.1) is 0 Å². The third kappa shape index (κ3) is 3.84. The average Bonchev–Trinajstić information content (AvgIpc) is 2.45. The molecule has 0 atom stereocenters. The van der Waals surface area contributed by atoms with Crippen molar-refractivity contribution in [2.45, 2.75) is 19.0 Å². The Kier molecular flexibility index (Phi) is 4.31. The smallest absolute Gasteiger partial charge is 0.398 e. The Morgan fingerprint density at radius 3 is 2.33 bits per heavy atom. The summed E-state index contributed by atoms with van der Waals surface area (Å²) >= 11 is 0. The van der Waals surface area contributed by atoms with Gasteiger partial charge in [0.25, 0.3) is 0 Å². The minimum atomic E-state index is -4.48. The number of alkyl halides is 3. The summed E-state index contributed by atoms with van der Waals surface area (Å²) in [6.45, 7) is 0. The molecule has 0 radical (unpaired) electrons. The van der Waals surface area contributed by atoms with E-state index in [0.29, 0.717) is 6.42 Å². The second kappa shape index (κ2) is 5.99. The van der Waals surface area contributed by atoms with Gasteiger partial charge < -0.3 is 5.73 Å². The van der Waals surface area contributed by atoms with Crippen LogP contribution in [-0.4, -0.2) is 5.78 Å². The zero-order chi connectivity index (χ0) is 15.5. The topological polar surface area (TPSA) is 43.1 Å². The van der Waals surface area contributed by atoms with Crippen molar-refractivity contribution in [1.29, 1.82) is 0 Å². The van der Waals surface area contributed by atoms with Crippen LogP contribution >= 0.6 is 0 Å². The van der Waals surface area contributed by atoms with Gasteiger partial charge in [-0.15, -0.1) is 0 Å². The highest BCUT2D eigenvalue weighted by atomic mass is 19.4. The molecule has 0 spiro atoms. The second-order valence-electron chi connectivity index (χ2n) is 4.71. The lowest BCUT2D eigenvalue weighted by Gasteiger charge is -2.10. The molecule has 0 fully saturated rings. The van der Waals surface area contributed by atoms with E-state index >= 15 is 0 Å². The number of halogens is 3. The number of benzene rings is 2. The van der Waals surface area contributed by atoms with Crippen LogP contribution in [0.4, 0.5) is 18.9 Å². The SMILES string of the molecule is Nc1ccc(C(F)(F)F)cc1C(=O)CCc1ccccc1. The molecule has 2 aromatic rings. The van der Waals surface area contributed by atoms with Crippen molar-refractivity contribution in [2.24, 2.45) is 0 Å². The molecule has 2 N–H and O–H groups in total. The van der Waals surface area contributed by atoms with E-state index in [-0.39, 0.29) is 23.5 Å². The van der Waals surface area contributed by atoms with Crippen LogP contribution in [0.3, 0.4) is 0 Å². The number of Topliss-reactive ketones (excluding diaryl/α,β-unsaturated/α-hetero) is 1. The van der Waals surface area contributed by atoms with Gasteiger partial charge in [0.15, 0.2) is 5.78 Å². The van der Waals surface area contributed by atoms with E-state index in [9.17, 15) is 18.0 Å². The van der Waals surface area contributed by atoms with E-state index in [0.717, 1.165) is 23.8 Å². The van der Waals surface area contributed by atoms with Crippen molar-refractivity contribution in [3.05, 3.63) is 65.2 Å². The van der Waals surface area contributed by atoms with E-state index in [2.05, 4.69) is 0 Å². The Morgan fingerprint density at radius 2 is 1.71 bits per heavy atom. The minimum Gasteiger partial charge on any atom is -0.398 e. The Morgan fingerprint density at radius 1 is 1.05 bits per heavy atom. The summed E-state index contributed by atoms with van der Waals surface area (Å²) in [4.78, 5) is 12.1. The summed E-state index contributed by atoms with van der Waals surface area (Å²) in [5, 5.41) is 0. The van der Waals surface area contributed by atoms with Gasteiger partial charge in [0.2, 0.25) is 0 Å². The number of rotatable bonds is 4. The molecular weight excluding hydrogens is 279 g/mol. The molecule has 110 valence electrons. The monoisotopic (exact) mass is 293 g/mol. The van der Waals surface area contributed by atoms with Gasteiger partial charge in [0, 0.05) is 17.7 Å². The third-order valence-corrected chi connectivity index (χ3v) is 3.16. The van der Waals surface area contributed by atoms with E-state index < -0.39 is 11.7 Å². The Hall–Kier alpha value is -2.30. The lowest BCUT2D eigenvalue weighted by atomic mass is 9.99. The van der Waals surface area contributed by atoms with Gasteiger partial charge in [-0.05, 0) is 30.2 Å². The minimum absolute atomic E-state index is 0.0687. The number of nitrogens with two attached hydrogens (primary N) is 1. The molecule has 0 aliphatic rings. The van der Waals surface area contributed by atoms with Crippen LogP contribution < -0.4 is 5.73 Å². The number of carbonyl (C=O) groups is 1. The van der Waals surface area contributed by atoms with Crippen LogP contribution in [0.15, 0.2) is 48.5 Å². The highest BCUT2D eigenvalue weighted by Gasteiger charge is 2.31. The van der Waals surface area contributed by atoms with E-state index in [4.69, 9.17) is 5.73 Å². The molecule has 2 aromatic carbocycles. The molecule has 0 aliphatic carbocycles. The van der Waals surface area contributed by atoms with Crippen molar-refractivity contribution >= 4 is 11.5 Å². The predicted octanol–water partition coefficient (Wildman–Crippen LogP) is 4.10. The summed E-state index contributed by atoms with van der Waals surface area (Å²) in [5.41, 5.74) is 5.71. The third-order valence-electron chi connectivity index (χ3n) is 3.16. The average molecular weight is 293 g/mol. The van der Waals surface area contributed by atoms with Crippen molar-refractivity contribution < 1.29 is 18.0 Å². The first-order chi connectivity index (χ1) is 9.88. The van der Waals surface area contributed by atoms with E-state index in [1.807, 2.05) is 30.3 Å². The maximum Gasteiger partial charge on any atom is 0.416 e. The first-order valence-electron chi connectivity index (χ1n) is 6.42. The Bertz CT molecular complexity index is 636. The largest absolute Gasteiger partial charge is 0.416 e. The normalized spacial score (nSPS) is 11.4. The van der Waals surface area contributed by atoms with Crippen molar-refractivity contribution in [3.63, 3.8) is 0 Å². The molecule has 0 unspecified atom stereocenters. The molecule has 0 bridgehead atoms. The quantitative estimate of drug-likeness (QED) is 0.681. The zero-order valence-corrected chi connectivity index (χ0v) is 11.2. The number of ketones is 1. The number of nitrogen functional groups attached to an aromatic ring is 1. The molecule has 0 aliphatic heterocycles. The fraction of sp³-hybridized carbons (Fsp3) is 0.188. The van der Waals surface area contributed by atoms with Gasteiger partial charge in [-0.3, -0.25) is 4.79 Å². The fourth-order valence-electron chi connectivity index (χ4n) is 2.01. The van der Waals surface area contributed by atoms with Crippen molar-refractivity contribution in [3.8, 4) is 0 Å². The maximum atomic E-state index is 12.7. The molecular formula is C16H14F3NO. The summed E-state index contributed by atoms with van der Waals surface area (Å²) in [5.74, 6) is -0.387. The highest BCUT2D eigenvalue weighted by Crippen LogP contribution is 2.31. The van der Waals surface area contributed by atoms with E-state index in [1.165, 1.54) is 0 Å². The number of carbonyl (C=O) groups excluding carboxylic acids is 1. The lowest BCUT2D eigenvalue weighted by molar-refractivity contribution is -0.137. The molecule has 0 heterocycles. The summed E-state index contributed by atoms with van der Waals surface area (Å²) in [6, 6.07) is 12.1. The van der Waals surface area contributed by atoms with Gasteiger partial charge in [0.05, 0.1) is 5.56 Å². The first kappa shape index (κ1) is 15.1. The van der Waals surface area contributed by atoms with Gasteiger partial charge in [-0.1, -0.05) is 30.3 Å². The second-order valence-corrected chi connectivity index (χ2v) is 4.71. The molecule has 2 nitrogen and oxygen atoms in total. The molecule has 5 heteroatoms. The molecule has 0 amide bonds. The highest BCUT2D eigenvalue weighted by molar-refractivity contribution is 6.01. The van der Waals surface area contributed by atoms with Crippen LogP contribution in [-0.2, 0) is 12.6 Å². The molecule has 21 heavy (non-hydrogen) atoms. The van der Waals surface area contributed by atoms with Crippen LogP contribution in [0.2, 0.25) is 0 Å². The van der Waals surface area contributed by atoms with Gasteiger partial charge >= 0.3 is 6.18 Å². The number of hydrogen-bond acceptors (Lipinski definition) is 2. The predicted molar refractivity (Wildman–Crippen MR) is 74.9 cm³/mol. The zero-order valence-electron chi connectivity index (χ0n) is 11.2. The number of anilines is 1. The number of aryl methyl sites for hydroxylation is 1. The maximum absolute atomic E-state index is 12.7. The summed E-state index contributed by atoms with van der Waals surface area (Å²) < 4.78 is 38.0. The van der Waals surface area contributed by atoms with Crippen molar-refractivity contribution in [2.75, 3.05) is 5.73 Å². The van der Waals surface area contributed by atoms with Crippen LogP contribution in [0.5, 0.6) is 0 Å². The van der Waals surface area contributed by atoms with Crippen LogP contribution in [0.1, 0.15) is 27.9 Å². The molecule has 2 rings (SSSR count). The Labute approximate surface area is 120 Å². The summed E-state index contributed by atoms with van der Waals surface area (Å²) in [6.07, 6.45) is -3.90. The summed E-state index contributed by atoms with van der Waals surface area (Å²) in [7, 11) is 0. The van der Waals surface area contributed by atoms with Gasteiger partial charge in [-0.2, -0.15) is 13.2 Å². The fourth-order valence-corrected chi connectivity index (χ4v) is 2.01. The molecule has 0 saturated heterocycles. The van der Waals surface area contributed by atoms with Crippen LogP contribution in [0.25, 0.3) is 0 Å². The Balaban J connectivity index is 2.15. The van der Waals surface area contributed by atoms with Crippen molar-refractivity contribution in [1.82, 2.24) is 0 Å². The first-order valence-corrected chi connectivity index (χ1v) is 6.42. The lowest BCUT2D eigenvalue weighted by Crippen LogP contribution is -2.10. The van der Waals surface area contributed by atoms with E-state index in [1.54, 1.807) is 0 Å².